The van der Waals surface area contributed by atoms with E-state index in [1.54, 1.807) is 11.3 Å². The molecule has 14 heavy (non-hydrogen) atoms. The minimum Gasteiger partial charge on any atom is -0.396 e. The molecule has 0 bridgehead atoms. The standard InChI is InChI=1S/C11H19NOS/c1-8-7-14-10(12-8)5-9(6-13)11(2,3)4/h7,9,13H,5-6H2,1-4H3. The summed E-state index contributed by atoms with van der Waals surface area (Å²) in [5, 5.41) is 12.5. The zero-order valence-corrected chi connectivity index (χ0v) is 10.2. The summed E-state index contributed by atoms with van der Waals surface area (Å²) in [6.45, 7) is 8.73. The maximum Gasteiger partial charge on any atom is 0.0931 e. The van der Waals surface area contributed by atoms with Crippen molar-refractivity contribution >= 4 is 11.3 Å². The molecule has 2 nitrogen and oxygen atoms in total. The van der Waals surface area contributed by atoms with Gasteiger partial charge in [-0.05, 0) is 18.3 Å². The van der Waals surface area contributed by atoms with Crippen LogP contribution < -0.4 is 0 Å². The fourth-order valence-corrected chi connectivity index (χ4v) is 2.21. The van der Waals surface area contributed by atoms with Gasteiger partial charge in [0, 0.05) is 24.1 Å². The van der Waals surface area contributed by atoms with Gasteiger partial charge in [-0.3, -0.25) is 0 Å². The Morgan fingerprint density at radius 3 is 2.50 bits per heavy atom. The number of nitrogens with zero attached hydrogens (tertiary/aromatic N) is 1. The van der Waals surface area contributed by atoms with E-state index in [0.29, 0.717) is 5.92 Å². The number of aromatic nitrogens is 1. The zero-order valence-electron chi connectivity index (χ0n) is 9.37. The van der Waals surface area contributed by atoms with Crippen LogP contribution in [0.15, 0.2) is 5.38 Å². The van der Waals surface area contributed by atoms with Gasteiger partial charge in [-0.25, -0.2) is 4.98 Å². The Labute approximate surface area is 90.0 Å². The van der Waals surface area contributed by atoms with Gasteiger partial charge in [0.25, 0.3) is 0 Å². The first-order valence-corrected chi connectivity index (χ1v) is 5.83. The van der Waals surface area contributed by atoms with Gasteiger partial charge in [-0.15, -0.1) is 11.3 Å². The van der Waals surface area contributed by atoms with Crippen LogP contribution >= 0.6 is 11.3 Å². The largest absolute Gasteiger partial charge is 0.396 e. The molecule has 0 saturated heterocycles. The molecule has 0 aliphatic heterocycles. The van der Waals surface area contributed by atoms with E-state index in [1.165, 1.54) is 0 Å². The Morgan fingerprint density at radius 1 is 1.50 bits per heavy atom. The van der Waals surface area contributed by atoms with Gasteiger partial charge in [0.15, 0.2) is 0 Å². The topological polar surface area (TPSA) is 33.1 Å². The van der Waals surface area contributed by atoms with Crippen molar-refractivity contribution in [3.8, 4) is 0 Å². The summed E-state index contributed by atoms with van der Waals surface area (Å²) >= 11 is 1.69. The van der Waals surface area contributed by atoms with Crippen LogP contribution in [-0.4, -0.2) is 16.7 Å². The van der Waals surface area contributed by atoms with E-state index >= 15 is 0 Å². The lowest BCUT2D eigenvalue weighted by atomic mass is 9.79. The molecule has 1 heterocycles. The molecule has 0 aliphatic carbocycles. The van der Waals surface area contributed by atoms with Crippen LogP contribution in [0.5, 0.6) is 0 Å². The van der Waals surface area contributed by atoms with Crippen LogP contribution in [0.4, 0.5) is 0 Å². The normalized spacial score (nSPS) is 14.4. The molecular weight excluding hydrogens is 194 g/mol. The minimum atomic E-state index is 0.147. The second-order valence-electron chi connectivity index (χ2n) is 4.83. The predicted molar refractivity (Wildman–Crippen MR) is 60.6 cm³/mol. The summed E-state index contributed by atoms with van der Waals surface area (Å²) < 4.78 is 0. The zero-order chi connectivity index (χ0) is 10.8. The van der Waals surface area contributed by atoms with Crippen LogP contribution in [-0.2, 0) is 6.42 Å². The molecule has 0 aliphatic rings. The summed E-state index contributed by atoms with van der Waals surface area (Å²) in [5.74, 6) is 0.299. The minimum absolute atomic E-state index is 0.147. The van der Waals surface area contributed by atoms with E-state index in [1.807, 2.05) is 6.92 Å². The highest BCUT2D eigenvalue weighted by Crippen LogP contribution is 2.29. The molecule has 1 aromatic rings. The number of thiazole rings is 1. The Morgan fingerprint density at radius 2 is 2.14 bits per heavy atom. The number of aliphatic hydroxyl groups excluding tert-OH is 1. The summed E-state index contributed by atoms with van der Waals surface area (Å²) in [6, 6.07) is 0. The van der Waals surface area contributed by atoms with E-state index in [0.717, 1.165) is 17.1 Å². The summed E-state index contributed by atoms with van der Waals surface area (Å²) in [5.41, 5.74) is 1.23. The lowest BCUT2D eigenvalue weighted by molar-refractivity contribution is 0.131. The van der Waals surface area contributed by atoms with Crippen molar-refractivity contribution in [1.82, 2.24) is 4.98 Å². The summed E-state index contributed by atoms with van der Waals surface area (Å²) in [4.78, 5) is 4.42. The van der Waals surface area contributed by atoms with Gasteiger partial charge in [0.05, 0.1) is 5.01 Å². The molecule has 0 aromatic carbocycles. The number of hydrogen-bond acceptors (Lipinski definition) is 3. The third-order valence-corrected chi connectivity index (χ3v) is 3.52. The predicted octanol–water partition coefficient (Wildman–Crippen LogP) is 2.65. The van der Waals surface area contributed by atoms with Gasteiger partial charge in [-0.1, -0.05) is 20.8 Å². The van der Waals surface area contributed by atoms with Crippen LogP contribution in [0.3, 0.4) is 0 Å². The van der Waals surface area contributed by atoms with Crippen molar-refractivity contribution in [2.75, 3.05) is 6.61 Å². The van der Waals surface area contributed by atoms with Gasteiger partial charge < -0.3 is 5.11 Å². The molecular formula is C11H19NOS. The third-order valence-electron chi connectivity index (χ3n) is 2.53. The smallest absolute Gasteiger partial charge is 0.0931 e. The first-order valence-electron chi connectivity index (χ1n) is 4.95. The van der Waals surface area contributed by atoms with Crippen LogP contribution in [0.2, 0.25) is 0 Å². The van der Waals surface area contributed by atoms with Gasteiger partial charge >= 0.3 is 0 Å². The Kier molecular flexibility index (Phi) is 3.67. The summed E-state index contributed by atoms with van der Waals surface area (Å²) in [7, 11) is 0. The highest BCUT2D eigenvalue weighted by atomic mass is 32.1. The van der Waals surface area contributed by atoms with Crippen molar-refractivity contribution < 1.29 is 5.11 Å². The van der Waals surface area contributed by atoms with E-state index in [-0.39, 0.29) is 12.0 Å². The van der Waals surface area contributed by atoms with E-state index in [2.05, 4.69) is 31.1 Å². The lowest BCUT2D eigenvalue weighted by Gasteiger charge is -2.28. The maximum absolute atomic E-state index is 9.31. The average molecular weight is 213 g/mol. The first-order chi connectivity index (χ1) is 6.43. The average Bonchev–Trinajstić information content (AvgIpc) is 2.45. The fraction of sp³-hybridized carbons (Fsp3) is 0.727. The molecule has 0 spiro atoms. The molecule has 1 aromatic heterocycles. The van der Waals surface area contributed by atoms with Gasteiger partial charge in [0.2, 0.25) is 0 Å². The molecule has 1 atom stereocenters. The number of aryl methyl sites for hydroxylation is 1. The van der Waals surface area contributed by atoms with Crippen LogP contribution in [0.1, 0.15) is 31.5 Å². The van der Waals surface area contributed by atoms with Crippen molar-refractivity contribution in [3.63, 3.8) is 0 Å². The van der Waals surface area contributed by atoms with Crippen LogP contribution in [0, 0.1) is 18.3 Å². The molecule has 1 unspecified atom stereocenters. The Hall–Kier alpha value is -0.410. The number of rotatable bonds is 3. The lowest BCUT2D eigenvalue weighted by Crippen LogP contribution is -2.25. The molecule has 0 radical (unpaired) electrons. The van der Waals surface area contributed by atoms with Crippen molar-refractivity contribution in [2.45, 2.75) is 34.1 Å². The second-order valence-corrected chi connectivity index (χ2v) is 5.77. The highest BCUT2D eigenvalue weighted by molar-refractivity contribution is 7.09. The molecule has 0 amide bonds. The van der Waals surface area contributed by atoms with Crippen molar-refractivity contribution in [3.05, 3.63) is 16.1 Å². The molecule has 1 rings (SSSR count). The SMILES string of the molecule is Cc1csc(CC(CO)C(C)(C)C)n1. The quantitative estimate of drug-likeness (QED) is 0.837. The number of aliphatic hydroxyl groups is 1. The van der Waals surface area contributed by atoms with Crippen LogP contribution in [0.25, 0.3) is 0 Å². The summed E-state index contributed by atoms with van der Waals surface area (Å²) in [6.07, 6.45) is 0.887. The van der Waals surface area contributed by atoms with Gasteiger partial charge in [0.1, 0.15) is 0 Å². The number of hydrogen-bond donors (Lipinski definition) is 1. The van der Waals surface area contributed by atoms with E-state index < -0.39 is 0 Å². The monoisotopic (exact) mass is 213 g/mol. The molecule has 80 valence electrons. The molecule has 3 heteroatoms. The Balaban J connectivity index is 2.66. The van der Waals surface area contributed by atoms with E-state index in [9.17, 15) is 5.11 Å². The van der Waals surface area contributed by atoms with Gasteiger partial charge in [-0.2, -0.15) is 0 Å². The van der Waals surface area contributed by atoms with Crippen molar-refractivity contribution in [1.29, 1.82) is 0 Å². The highest BCUT2D eigenvalue weighted by Gasteiger charge is 2.24. The van der Waals surface area contributed by atoms with E-state index in [4.69, 9.17) is 0 Å². The maximum atomic E-state index is 9.31. The second kappa shape index (κ2) is 4.41. The fourth-order valence-electron chi connectivity index (χ4n) is 1.35. The third kappa shape index (κ3) is 3.07. The van der Waals surface area contributed by atoms with Crippen molar-refractivity contribution in [2.24, 2.45) is 11.3 Å². The first kappa shape index (κ1) is 11.7. The molecule has 0 fully saturated rings. The molecule has 1 N–H and O–H groups in total. The Bertz CT molecular complexity index is 288. The molecule has 0 saturated carbocycles.